The summed E-state index contributed by atoms with van der Waals surface area (Å²) in [4.78, 5) is 14.1. The van der Waals surface area contributed by atoms with Crippen molar-refractivity contribution in [2.75, 3.05) is 12.8 Å². The van der Waals surface area contributed by atoms with Crippen LogP contribution in [-0.4, -0.2) is 28.5 Å². The molecule has 0 spiro atoms. The number of aromatic nitrogens is 1. The first kappa shape index (κ1) is 13.6. The van der Waals surface area contributed by atoms with E-state index in [4.69, 9.17) is 5.73 Å². The predicted molar refractivity (Wildman–Crippen MR) is 71.1 cm³/mol. The van der Waals surface area contributed by atoms with E-state index in [0.717, 1.165) is 6.42 Å². The topological polar surface area (TPSA) is 51.3 Å². The van der Waals surface area contributed by atoms with Gasteiger partial charge in [0, 0.05) is 25.3 Å². The van der Waals surface area contributed by atoms with Crippen molar-refractivity contribution in [2.45, 2.75) is 46.2 Å². The molecule has 0 aliphatic heterocycles. The number of anilines is 1. The Morgan fingerprint density at radius 2 is 2.06 bits per heavy atom. The first-order chi connectivity index (χ1) is 7.88. The predicted octanol–water partition coefficient (Wildman–Crippen LogP) is 2.52. The van der Waals surface area contributed by atoms with Gasteiger partial charge >= 0.3 is 0 Å². The van der Waals surface area contributed by atoms with Crippen LogP contribution in [0.1, 0.15) is 50.6 Å². The largest absolute Gasteiger partial charge is 0.397 e. The average Bonchev–Trinajstić information content (AvgIpc) is 2.68. The van der Waals surface area contributed by atoms with Gasteiger partial charge in [0.2, 0.25) is 0 Å². The summed E-state index contributed by atoms with van der Waals surface area (Å²) < 4.78 is 1.93. The molecule has 4 heteroatoms. The van der Waals surface area contributed by atoms with Crippen LogP contribution < -0.4 is 5.73 Å². The number of rotatable bonds is 4. The molecule has 1 rings (SSSR count). The quantitative estimate of drug-likeness (QED) is 0.874. The molecule has 4 nitrogen and oxygen atoms in total. The molecule has 2 N–H and O–H groups in total. The SMILES string of the molecule is CCC(C)N(C)C(=O)c1cc(N)cn1C(C)C. The maximum Gasteiger partial charge on any atom is 0.270 e. The molecule has 0 saturated carbocycles. The molecule has 1 heterocycles. The minimum atomic E-state index is 0.0322. The van der Waals surface area contributed by atoms with E-state index in [-0.39, 0.29) is 18.0 Å². The van der Waals surface area contributed by atoms with E-state index in [2.05, 4.69) is 6.92 Å². The van der Waals surface area contributed by atoms with Crippen LogP contribution in [0.25, 0.3) is 0 Å². The van der Waals surface area contributed by atoms with Gasteiger partial charge in [-0.2, -0.15) is 0 Å². The highest BCUT2D eigenvalue weighted by Gasteiger charge is 2.21. The number of nitrogens with zero attached hydrogens (tertiary/aromatic N) is 2. The van der Waals surface area contributed by atoms with Crippen LogP contribution in [0, 0.1) is 0 Å². The number of amides is 1. The highest BCUT2D eigenvalue weighted by molar-refractivity contribution is 5.93. The lowest BCUT2D eigenvalue weighted by molar-refractivity contribution is 0.0728. The van der Waals surface area contributed by atoms with Gasteiger partial charge in [-0.25, -0.2) is 0 Å². The maximum atomic E-state index is 12.3. The molecular weight excluding hydrogens is 214 g/mol. The Morgan fingerprint density at radius 1 is 1.47 bits per heavy atom. The molecule has 1 unspecified atom stereocenters. The lowest BCUT2D eigenvalue weighted by Gasteiger charge is -2.25. The molecule has 0 aromatic carbocycles. The standard InChI is InChI=1S/C13H23N3O/c1-6-10(4)15(5)13(17)12-7-11(14)8-16(12)9(2)3/h7-10H,6,14H2,1-5H3. The van der Waals surface area contributed by atoms with Gasteiger partial charge in [-0.1, -0.05) is 6.92 Å². The minimum absolute atomic E-state index is 0.0322. The summed E-state index contributed by atoms with van der Waals surface area (Å²) in [6.45, 7) is 8.20. The van der Waals surface area contributed by atoms with Crippen molar-refractivity contribution < 1.29 is 4.79 Å². The molecule has 1 amide bonds. The van der Waals surface area contributed by atoms with Gasteiger partial charge in [0.1, 0.15) is 5.69 Å². The van der Waals surface area contributed by atoms with Crippen LogP contribution in [0.2, 0.25) is 0 Å². The second-order valence-corrected chi connectivity index (χ2v) is 4.83. The Bertz CT molecular complexity index is 395. The zero-order valence-corrected chi connectivity index (χ0v) is 11.4. The van der Waals surface area contributed by atoms with Crippen LogP contribution in [0.4, 0.5) is 5.69 Å². The van der Waals surface area contributed by atoms with Crippen LogP contribution in [0.5, 0.6) is 0 Å². The summed E-state index contributed by atoms with van der Waals surface area (Å²) in [6.07, 6.45) is 2.77. The highest BCUT2D eigenvalue weighted by Crippen LogP contribution is 2.18. The maximum absolute atomic E-state index is 12.3. The third-order valence-corrected chi connectivity index (χ3v) is 3.22. The Hall–Kier alpha value is -1.45. The summed E-state index contributed by atoms with van der Waals surface area (Å²) in [5.41, 5.74) is 7.08. The van der Waals surface area contributed by atoms with Gasteiger partial charge in [0.25, 0.3) is 5.91 Å². The van der Waals surface area contributed by atoms with Crippen molar-refractivity contribution in [3.8, 4) is 0 Å². The molecule has 17 heavy (non-hydrogen) atoms. The number of hydrogen-bond donors (Lipinski definition) is 1. The first-order valence-electron chi connectivity index (χ1n) is 6.13. The smallest absolute Gasteiger partial charge is 0.270 e. The molecule has 0 aliphatic rings. The monoisotopic (exact) mass is 237 g/mol. The molecule has 96 valence electrons. The van der Waals surface area contributed by atoms with Gasteiger partial charge in [-0.05, 0) is 33.3 Å². The van der Waals surface area contributed by atoms with Crippen molar-refractivity contribution in [3.63, 3.8) is 0 Å². The second kappa shape index (κ2) is 5.25. The van der Waals surface area contributed by atoms with E-state index in [1.807, 2.05) is 38.6 Å². The third-order valence-electron chi connectivity index (χ3n) is 3.22. The molecular formula is C13H23N3O. The van der Waals surface area contributed by atoms with E-state index in [1.165, 1.54) is 0 Å². The molecule has 0 radical (unpaired) electrons. The fraction of sp³-hybridized carbons (Fsp3) is 0.615. The van der Waals surface area contributed by atoms with Crippen LogP contribution >= 0.6 is 0 Å². The van der Waals surface area contributed by atoms with Gasteiger partial charge in [0.15, 0.2) is 0 Å². The van der Waals surface area contributed by atoms with E-state index in [1.54, 1.807) is 11.0 Å². The van der Waals surface area contributed by atoms with E-state index in [9.17, 15) is 4.79 Å². The normalized spacial score (nSPS) is 12.8. The number of carbonyl (C=O) groups is 1. The number of hydrogen-bond acceptors (Lipinski definition) is 2. The zero-order chi connectivity index (χ0) is 13.2. The molecule has 1 aromatic heterocycles. The fourth-order valence-corrected chi connectivity index (χ4v) is 1.75. The molecule has 1 atom stereocenters. The average molecular weight is 237 g/mol. The lowest BCUT2D eigenvalue weighted by Crippen LogP contribution is -2.35. The summed E-state index contributed by atoms with van der Waals surface area (Å²) in [7, 11) is 1.84. The van der Waals surface area contributed by atoms with Crippen molar-refractivity contribution >= 4 is 11.6 Å². The van der Waals surface area contributed by atoms with Crippen LogP contribution in [0.3, 0.4) is 0 Å². The summed E-state index contributed by atoms with van der Waals surface area (Å²) in [6, 6.07) is 2.22. The van der Waals surface area contributed by atoms with Crippen molar-refractivity contribution in [1.82, 2.24) is 9.47 Å². The van der Waals surface area contributed by atoms with Crippen molar-refractivity contribution in [3.05, 3.63) is 18.0 Å². The summed E-state index contributed by atoms with van der Waals surface area (Å²) >= 11 is 0. The zero-order valence-electron chi connectivity index (χ0n) is 11.4. The Morgan fingerprint density at radius 3 is 2.53 bits per heavy atom. The second-order valence-electron chi connectivity index (χ2n) is 4.83. The number of nitrogen functional groups attached to an aromatic ring is 1. The van der Waals surface area contributed by atoms with E-state index < -0.39 is 0 Å². The summed E-state index contributed by atoms with van der Waals surface area (Å²) in [5, 5.41) is 0. The molecule has 0 aliphatic carbocycles. The number of nitrogens with two attached hydrogens (primary N) is 1. The third kappa shape index (κ3) is 2.81. The lowest BCUT2D eigenvalue weighted by atomic mass is 10.2. The van der Waals surface area contributed by atoms with Crippen LogP contribution in [0.15, 0.2) is 12.3 Å². The Kier molecular flexibility index (Phi) is 4.21. The Labute approximate surface area is 103 Å². The van der Waals surface area contributed by atoms with Crippen molar-refractivity contribution in [1.29, 1.82) is 0 Å². The van der Waals surface area contributed by atoms with E-state index >= 15 is 0 Å². The van der Waals surface area contributed by atoms with Gasteiger partial charge in [-0.3, -0.25) is 4.79 Å². The molecule has 0 fully saturated rings. The minimum Gasteiger partial charge on any atom is -0.397 e. The van der Waals surface area contributed by atoms with Crippen molar-refractivity contribution in [2.24, 2.45) is 0 Å². The summed E-state index contributed by atoms with van der Waals surface area (Å²) in [5.74, 6) is 0.0322. The Balaban J connectivity index is 3.03. The van der Waals surface area contributed by atoms with Gasteiger partial charge in [0.05, 0.1) is 5.69 Å². The van der Waals surface area contributed by atoms with Gasteiger partial charge < -0.3 is 15.2 Å². The van der Waals surface area contributed by atoms with Gasteiger partial charge in [-0.15, -0.1) is 0 Å². The number of carbonyl (C=O) groups excluding carboxylic acids is 1. The van der Waals surface area contributed by atoms with Crippen LogP contribution in [-0.2, 0) is 0 Å². The fourth-order valence-electron chi connectivity index (χ4n) is 1.75. The molecule has 0 bridgehead atoms. The molecule has 0 saturated heterocycles. The van der Waals surface area contributed by atoms with E-state index in [0.29, 0.717) is 11.4 Å². The first-order valence-corrected chi connectivity index (χ1v) is 6.13. The molecule has 1 aromatic rings. The highest BCUT2D eigenvalue weighted by atomic mass is 16.2.